The fraction of sp³-hybridized carbons (Fsp3) is 0.417. The molecule has 139 heavy (non-hydrogen) atoms. The highest BCUT2D eigenvalue weighted by molar-refractivity contribution is 7.98. The zero-order chi connectivity index (χ0) is 96.0. The van der Waals surface area contributed by atoms with E-state index in [1.54, 1.807) is 59.1 Å². The molecular formula is C120H136F4N6O6S3. The van der Waals surface area contributed by atoms with Crippen LogP contribution >= 0.6 is 34.9 Å². The van der Waals surface area contributed by atoms with Crippen molar-refractivity contribution in [2.24, 2.45) is 35.5 Å². The largest absolute Gasteiger partial charge is 0.378 e. The Kier molecular flexibility index (Phi) is 31.2. The average Bonchev–Trinajstić information content (AvgIpc) is 1.10. The zero-order valence-corrected chi connectivity index (χ0v) is 84.4. The van der Waals surface area contributed by atoms with Gasteiger partial charge in [-0.3, -0.25) is 0 Å². The second-order valence-corrected chi connectivity index (χ2v) is 43.6. The fourth-order valence-corrected chi connectivity index (χ4v) is 25.2. The van der Waals surface area contributed by atoms with Crippen LogP contribution in [0, 0.1) is 58.8 Å². The lowest BCUT2D eigenvalue weighted by molar-refractivity contribution is -0.0388. The summed E-state index contributed by atoms with van der Waals surface area (Å²) in [5.74, 6) is 1.83. The predicted octanol–water partition coefficient (Wildman–Crippen LogP) is 32.1. The number of anilines is 6. The molecule has 12 nitrogen and oxygen atoms in total. The monoisotopic (exact) mass is 1930 g/mol. The highest BCUT2D eigenvalue weighted by atomic mass is 32.2. The molecule has 0 spiro atoms. The number of fused-ring (bicyclic) bond motifs is 18. The van der Waals surface area contributed by atoms with Crippen molar-refractivity contribution in [2.75, 3.05) is 84.1 Å². The van der Waals surface area contributed by atoms with Gasteiger partial charge in [-0.05, 0) is 254 Å². The second-order valence-electron chi connectivity index (χ2n) is 41.1. The van der Waals surface area contributed by atoms with Crippen molar-refractivity contribution in [1.29, 1.82) is 0 Å². The minimum atomic E-state index is -0.499. The molecule has 728 valence electrons. The van der Waals surface area contributed by atoms with Crippen molar-refractivity contribution < 1.29 is 46.0 Å². The molecule has 0 amide bonds. The van der Waals surface area contributed by atoms with E-state index in [2.05, 4.69) is 280 Å². The summed E-state index contributed by atoms with van der Waals surface area (Å²) >= 11 is 5.37. The summed E-state index contributed by atoms with van der Waals surface area (Å²) in [6, 6.07) is 82.4. The Morgan fingerprint density at radius 3 is 1.02 bits per heavy atom. The lowest BCUT2D eigenvalue weighted by Gasteiger charge is -2.44. The van der Waals surface area contributed by atoms with Crippen molar-refractivity contribution in [2.45, 2.75) is 239 Å². The summed E-state index contributed by atoms with van der Waals surface area (Å²) in [5.41, 5.74) is 25.5. The molecule has 6 saturated heterocycles. The SMILES string of the molecule is CC(C)(C)c1ccc2c(c1)C1OCCCC1C(c1c(F)cccc1F)N2.CC(C)c1ccc2c(c1)[C@@H]1OCCC[C@@H]1[C@@H](c1ccccc1F)N2.CC(C)c1ccc2c(c1)[C@H]1OCCC[C@H]1[C@H](c1ccccc1F)N2.CCc1ccc2c(c1)[C@H]1OCCC[C@H]1[C@H](c1ccsc1)N2.CSc1ccc2c(c1)C1OCCCC1C(c1ccccc1)N2.CSc1ccc2c(c1)[C@H]1OCCC[C@H]1[C@H](c1ccccc1)N2. The van der Waals surface area contributed by atoms with Crippen LogP contribution in [-0.2, 0) is 40.3 Å². The molecule has 13 heterocycles. The number of thioether (sulfide) groups is 2. The quantitative estimate of drug-likeness (QED) is 0.0543. The summed E-state index contributed by atoms with van der Waals surface area (Å²) in [6.45, 7) is 22.5. The second kappa shape index (κ2) is 44.3. The van der Waals surface area contributed by atoms with Crippen LogP contribution in [0.25, 0.3) is 0 Å². The number of hydrogen-bond acceptors (Lipinski definition) is 15. The molecule has 6 fully saturated rings. The Bertz CT molecular complexity index is 5900. The number of aryl methyl sites for hydroxylation is 1. The summed E-state index contributed by atoms with van der Waals surface area (Å²) in [6.07, 6.45) is 19.2. The lowest BCUT2D eigenvalue weighted by atomic mass is 9.75. The van der Waals surface area contributed by atoms with Crippen LogP contribution in [0.2, 0.25) is 0 Å². The van der Waals surface area contributed by atoms with Gasteiger partial charge < -0.3 is 60.3 Å². The number of ether oxygens (including phenoxy) is 6. The molecule has 6 N–H and O–H groups in total. The number of nitrogens with one attached hydrogen (secondary N) is 6. The Labute approximate surface area is 833 Å². The Hall–Kier alpha value is -9.90. The third kappa shape index (κ3) is 21.3. The van der Waals surface area contributed by atoms with Gasteiger partial charge in [0.25, 0.3) is 0 Å². The van der Waals surface area contributed by atoms with Crippen molar-refractivity contribution in [1.82, 2.24) is 0 Å². The number of halogens is 4. The van der Waals surface area contributed by atoms with E-state index in [9.17, 15) is 17.6 Å². The number of hydrogen-bond donors (Lipinski definition) is 6. The van der Waals surface area contributed by atoms with Gasteiger partial charge in [-0.2, -0.15) is 11.3 Å². The maximum absolute atomic E-state index is 14.5. The third-order valence-corrected chi connectivity index (χ3v) is 33.1. The molecule has 0 radical (unpaired) electrons. The molecule has 11 aromatic carbocycles. The van der Waals surface area contributed by atoms with Crippen LogP contribution in [0.1, 0.15) is 306 Å². The predicted molar refractivity (Wildman–Crippen MR) is 562 cm³/mol. The number of benzene rings is 11. The highest BCUT2D eigenvalue weighted by Gasteiger charge is 2.48. The minimum absolute atomic E-state index is 0.0119. The first-order valence-electron chi connectivity index (χ1n) is 51.0. The van der Waals surface area contributed by atoms with E-state index >= 15 is 0 Å². The van der Waals surface area contributed by atoms with Gasteiger partial charge >= 0.3 is 0 Å². The molecular weight excluding hydrogens is 1790 g/mol. The van der Waals surface area contributed by atoms with E-state index in [1.165, 1.54) is 137 Å². The topological polar surface area (TPSA) is 128 Å². The summed E-state index contributed by atoms with van der Waals surface area (Å²) in [4.78, 5) is 2.62. The fourth-order valence-electron chi connectivity index (χ4n) is 23.7. The average molecular weight is 1930 g/mol. The highest BCUT2D eigenvalue weighted by Crippen LogP contribution is 2.58. The normalized spacial score (nSPS) is 26.2. The first-order chi connectivity index (χ1) is 67.7. The van der Waals surface area contributed by atoms with Crippen LogP contribution in [0.3, 0.4) is 0 Å². The van der Waals surface area contributed by atoms with Crippen molar-refractivity contribution >= 4 is 69.0 Å². The zero-order valence-electron chi connectivity index (χ0n) is 81.9. The van der Waals surface area contributed by atoms with Crippen molar-refractivity contribution in [3.8, 4) is 0 Å². The molecule has 1 aromatic heterocycles. The summed E-state index contributed by atoms with van der Waals surface area (Å²) in [5, 5.41) is 26.4. The van der Waals surface area contributed by atoms with Crippen molar-refractivity contribution in [3.63, 3.8) is 0 Å². The Balaban J connectivity index is 0.000000107. The Morgan fingerprint density at radius 1 is 0.324 bits per heavy atom. The van der Waals surface area contributed by atoms with Gasteiger partial charge in [0.1, 0.15) is 23.3 Å². The lowest BCUT2D eigenvalue weighted by Crippen LogP contribution is -2.37. The molecule has 0 saturated carbocycles. The number of rotatable bonds is 11. The molecule has 0 aliphatic carbocycles. The van der Waals surface area contributed by atoms with Gasteiger partial charge in [-0.1, -0.05) is 207 Å². The molecule has 0 bridgehead atoms. The van der Waals surface area contributed by atoms with Gasteiger partial charge in [0, 0.05) is 169 Å². The van der Waals surface area contributed by atoms with Gasteiger partial charge in [0.05, 0.1) is 72.9 Å². The van der Waals surface area contributed by atoms with Gasteiger partial charge in [0.2, 0.25) is 0 Å². The van der Waals surface area contributed by atoms with Gasteiger partial charge in [0.15, 0.2) is 0 Å². The maximum atomic E-state index is 14.5. The van der Waals surface area contributed by atoms with E-state index in [-0.39, 0.29) is 89.1 Å². The molecule has 12 aliphatic heterocycles. The van der Waals surface area contributed by atoms with Gasteiger partial charge in [-0.25, -0.2) is 17.6 Å². The van der Waals surface area contributed by atoms with E-state index < -0.39 is 17.7 Å². The van der Waals surface area contributed by atoms with E-state index in [4.69, 9.17) is 28.4 Å². The molecule has 6 unspecified atom stereocenters. The number of thiophene rings is 1. The van der Waals surface area contributed by atoms with Crippen LogP contribution in [-0.4, -0.2) is 52.2 Å². The first kappa shape index (κ1) is 97.9. The van der Waals surface area contributed by atoms with Crippen LogP contribution in [0.4, 0.5) is 51.7 Å². The molecule has 12 aromatic rings. The van der Waals surface area contributed by atoms with Crippen molar-refractivity contribution in [3.05, 3.63) is 366 Å². The van der Waals surface area contributed by atoms with Crippen LogP contribution < -0.4 is 31.9 Å². The first-order valence-corrected chi connectivity index (χ1v) is 54.4. The maximum Gasteiger partial charge on any atom is 0.131 e. The molecule has 18 atom stereocenters. The molecule has 12 aliphatic rings. The third-order valence-electron chi connectivity index (χ3n) is 30.9. The van der Waals surface area contributed by atoms with Crippen LogP contribution in [0.15, 0.2) is 263 Å². The van der Waals surface area contributed by atoms with E-state index in [0.29, 0.717) is 54.3 Å². The summed E-state index contributed by atoms with van der Waals surface area (Å²) in [7, 11) is 0. The van der Waals surface area contributed by atoms with Gasteiger partial charge in [-0.15, -0.1) is 23.5 Å². The Morgan fingerprint density at radius 2 is 0.647 bits per heavy atom. The van der Waals surface area contributed by atoms with Crippen LogP contribution in [0.5, 0.6) is 0 Å². The van der Waals surface area contributed by atoms with E-state index in [1.807, 2.05) is 30.3 Å². The molecule has 24 rings (SSSR count). The molecule has 19 heteroatoms. The minimum Gasteiger partial charge on any atom is -0.378 e. The van der Waals surface area contributed by atoms with E-state index in [0.717, 1.165) is 125 Å². The standard InChI is InChI=1S/C22H25F2NO.2C21H24FNO.2C19H21NOS.C18H21NOS/c1-22(2,3)13-9-10-18-15(12-13)21-14(6-5-11-26-21)20(25-18)19-16(23)7-4-8-17(19)24;2*1-13(2)14-9-10-19-17(12-14)21-16(7-5-11-24-21)20(23-19)15-6-3-4-8-18(15)22;2*1-22-14-9-10-17-16(12-14)19-15(8-5-11-21-19)18(20-17)13-6-3-2-4-7-13;1-2-12-5-6-16-15(10-12)18-14(4-3-8-20-18)17(19-16)13-7-9-21-11-13/h4,7-10,12,14,20-21,25H,5-6,11H2,1-3H3;2*3-4,6,8-10,12-13,16,20-21,23H,5,7,11H2,1-2H3;2*2-4,6-7,9-10,12,15,18-20H,5,8,11H2,1H3;5-7,9-11,14,17-19H,2-4,8H2,1H3/t;2*16-,20-,21-;15-,18-,19-;;14-,17-,18-/m.100.0/s1. The summed E-state index contributed by atoms with van der Waals surface area (Å²) < 4.78 is 94.8. The smallest absolute Gasteiger partial charge is 0.131 e.